The second-order valence-electron chi connectivity index (χ2n) is 5.07. The van der Waals surface area contributed by atoms with Crippen LogP contribution in [0.3, 0.4) is 0 Å². The van der Waals surface area contributed by atoms with Crippen LogP contribution in [0.25, 0.3) is 0 Å². The summed E-state index contributed by atoms with van der Waals surface area (Å²) in [6.45, 7) is 0.464. The number of hydrogen-bond acceptors (Lipinski definition) is 2. The number of carbonyl (C=O) groups is 1. The topological polar surface area (TPSA) is 46.3 Å². The number of nitrogens with zero attached hydrogens (tertiary/aromatic N) is 1. The molecule has 0 unspecified atom stereocenters. The van der Waals surface area contributed by atoms with Gasteiger partial charge in [0.1, 0.15) is 11.6 Å². The van der Waals surface area contributed by atoms with Crippen molar-refractivity contribution in [2.45, 2.75) is 12.8 Å². The summed E-state index contributed by atoms with van der Waals surface area (Å²) >= 11 is 0. The third-order valence-corrected chi connectivity index (χ3v) is 3.63. The predicted octanol–water partition coefficient (Wildman–Crippen LogP) is 3.14. The lowest BCUT2D eigenvalue weighted by Crippen LogP contribution is -2.36. The van der Waals surface area contributed by atoms with Crippen LogP contribution >= 0.6 is 0 Å². The Morgan fingerprint density at radius 3 is 2.76 bits per heavy atom. The van der Waals surface area contributed by atoms with E-state index in [0.717, 1.165) is 36.6 Å². The van der Waals surface area contributed by atoms with Crippen molar-refractivity contribution in [2.24, 2.45) is 0 Å². The van der Waals surface area contributed by atoms with E-state index in [1.807, 2.05) is 6.07 Å². The molecule has 3 nitrogen and oxygen atoms in total. The van der Waals surface area contributed by atoms with Gasteiger partial charge in [0.05, 0.1) is 5.56 Å². The summed E-state index contributed by atoms with van der Waals surface area (Å²) in [4.78, 5) is 14.0. The monoisotopic (exact) mass is 288 g/mol. The highest BCUT2D eigenvalue weighted by Gasteiger charge is 2.26. The summed E-state index contributed by atoms with van der Waals surface area (Å²) in [5.41, 5.74) is 7.70. The van der Waals surface area contributed by atoms with Crippen LogP contribution in [0.15, 0.2) is 36.4 Å². The maximum atomic E-state index is 13.8. The summed E-state index contributed by atoms with van der Waals surface area (Å²) in [5.74, 6) is -1.90. The molecule has 0 radical (unpaired) electrons. The molecule has 0 aliphatic carbocycles. The van der Waals surface area contributed by atoms with Crippen LogP contribution in [-0.4, -0.2) is 12.5 Å². The van der Waals surface area contributed by atoms with Crippen molar-refractivity contribution in [3.05, 3.63) is 59.2 Å². The lowest BCUT2D eigenvalue weighted by molar-refractivity contribution is 0.0980. The van der Waals surface area contributed by atoms with Crippen LogP contribution in [-0.2, 0) is 6.42 Å². The maximum absolute atomic E-state index is 13.8. The standard InChI is InChI=1S/C16H14F2N2O/c17-11-4-6-14(18)13(8-11)16(21)20-7-1-2-10-3-5-12(19)9-15(10)20/h3-6,8-9H,1-2,7,19H2. The number of amides is 1. The fraction of sp³-hybridized carbons (Fsp3) is 0.188. The minimum Gasteiger partial charge on any atom is -0.399 e. The number of aryl methyl sites for hydroxylation is 1. The molecule has 1 heterocycles. The first-order valence-electron chi connectivity index (χ1n) is 6.71. The molecule has 108 valence electrons. The van der Waals surface area contributed by atoms with Crippen molar-refractivity contribution >= 4 is 17.3 Å². The fourth-order valence-corrected chi connectivity index (χ4v) is 2.61. The van der Waals surface area contributed by atoms with E-state index in [0.29, 0.717) is 17.9 Å². The number of carbonyl (C=O) groups excluding carboxylic acids is 1. The first-order valence-corrected chi connectivity index (χ1v) is 6.71. The van der Waals surface area contributed by atoms with Gasteiger partial charge >= 0.3 is 0 Å². The van der Waals surface area contributed by atoms with Crippen LogP contribution in [0.1, 0.15) is 22.3 Å². The van der Waals surface area contributed by atoms with Crippen LogP contribution < -0.4 is 10.6 Å². The molecule has 0 atom stereocenters. The molecule has 0 saturated carbocycles. The number of anilines is 2. The van der Waals surface area contributed by atoms with Crippen LogP contribution in [0.4, 0.5) is 20.2 Å². The Kier molecular flexibility index (Phi) is 3.33. The Bertz CT molecular complexity index is 715. The van der Waals surface area contributed by atoms with Crippen LogP contribution in [0, 0.1) is 11.6 Å². The van der Waals surface area contributed by atoms with Crippen LogP contribution in [0.5, 0.6) is 0 Å². The molecule has 0 aromatic heterocycles. The maximum Gasteiger partial charge on any atom is 0.261 e. The van der Waals surface area contributed by atoms with Gasteiger partial charge < -0.3 is 10.6 Å². The Balaban J connectivity index is 2.04. The van der Waals surface area contributed by atoms with Crippen molar-refractivity contribution in [1.82, 2.24) is 0 Å². The third kappa shape index (κ3) is 2.46. The molecule has 1 amide bonds. The number of nitrogens with two attached hydrogens (primary N) is 1. The Hall–Kier alpha value is -2.43. The molecule has 0 bridgehead atoms. The number of nitrogen functional groups attached to an aromatic ring is 1. The summed E-state index contributed by atoms with van der Waals surface area (Å²) in [5, 5.41) is 0. The second kappa shape index (κ2) is 5.16. The van der Waals surface area contributed by atoms with Crippen molar-refractivity contribution in [1.29, 1.82) is 0 Å². The predicted molar refractivity (Wildman–Crippen MR) is 77.2 cm³/mol. The van der Waals surface area contributed by atoms with Crippen molar-refractivity contribution in [3.63, 3.8) is 0 Å². The number of fused-ring (bicyclic) bond motifs is 1. The number of rotatable bonds is 1. The number of hydrogen-bond donors (Lipinski definition) is 1. The first kappa shape index (κ1) is 13.5. The molecule has 3 rings (SSSR count). The Labute approximate surface area is 121 Å². The number of benzene rings is 2. The highest BCUT2D eigenvalue weighted by atomic mass is 19.1. The van der Waals surface area contributed by atoms with Gasteiger partial charge in [-0.05, 0) is 48.7 Å². The molecule has 0 spiro atoms. The number of halogens is 2. The van der Waals surface area contributed by atoms with Gasteiger partial charge in [0.2, 0.25) is 0 Å². The first-order chi connectivity index (χ1) is 10.1. The normalized spacial score (nSPS) is 13.9. The van der Waals surface area contributed by atoms with Crippen LogP contribution in [0.2, 0.25) is 0 Å². The molecule has 0 fully saturated rings. The zero-order chi connectivity index (χ0) is 15.0. The Morgan fingerprint density at radius 2 is 1.95 bits per heavy atom. The minimum absolute atomic E-state index is 0.259. The van der Waals surface area contributed by atoms with E-state index in [1.54, 1.807) is 12.1 Å². The summed E-state index contributed by atoms with van der Waals surface area (Å²) < 4.78 is 27.1. The highest BCUT2D eigenvalue weighted by molar-refractivity contribution is 6.07. The molecule has 2 aromatic rings. The lowest BCUT2D eigenvalue weighted by atomic mass is 10.00. The van der Waals surface area contributed by atoms with Crippen molar-refractivity contribution in [3.8, 4) is 0 Å². The van der Waals surface area contributed by atoms with Gasteiger partial charge in [0, 0.05) is 17.9 Å². The molecule has 2 aromatic carbocycles. The van der Waals surface area contributed by atoms with Gasteiger partial charge in [-0.3, -0.25) is 4.79 Å². The van der Waals surface area contributed by atoms with Gasteiger partial charge in [-0.25, -0.2) is 8.78 Å². The van der Waals surface area contributed by atoms with E-state index in [4.69, 9.17) is 5.73 Å². The summed E-state index contributed by atoms with van der Waals surface area (Å²) in [6, 6.07) is 8.23. The zero-order valence-electron chi connectivity index (χ0n) is 11.3. The fourth-order valence-electron chi connectivity index (χ4n) is 2.61. The SMILES string of the molecule is Nc1ccc2c(c1)N(C(=O)c1cc(F)ccc1F)CCC2. The average molecular weight is 288 g/mol. The van der Waals surface area contributed by atoms with E-state index in [9.17, 15) is 13.6 Å². The molecule has 5 heteroatoms. The van der Waals surface area contributed by atoms with E-state index in [-0.39, 0.29) is 5.56 Å². The molecule has 0 saturated heterocycles. The van der Waals surface area contributed by atoms with Gasteiger partial charge in [0.25, 0.3) is 5.91 Å². The van der Waals surface area contributed by atoms with Crippen molar-refractivity contribution in [2.75, 3.05) is 17.2 Å². The van der Waals surface area contributed by atoms with E-state index < -0.39 is 17.5 Å². The lowest BCUT2D eigenvalue weighted by Gasteiger charge is -2.30. The highest BCUT2D eigenvalue weighted by Crippen LogP contribution is 2.30. The largest absolute Gasteiger partial charge is 0.399 e. The van der Waals surface area contributed by atoms with Gasteiger partial charge in [-0.1, -0.05) is 6.07 Å². The minimum atomic E-state index is -0.725. The average Bonchev–Trinajstić information content (AvgIpc) is 2.48. The summed E-state index contributed by atoms with van der Waals surface area (Å²) in [7, 11) is 0. The molecule has 1 aliphatic rings. The molecular formula is C16H14F2N2O. The molecule has 21 heavy (non-hydrogen) atoms. The zero-order valence-corrected chi connectivity index (χ0v) is 11.3. The summed E-state index contributed by atoms with van der Waals surface area (Å²) in [6.07, 6.45) is 1.62. The van der Waals surface area contributed by atoms with E-state index in [2.05, 4.69) is 0 Å². The van der Waals surface area contributed by atoms with Gasteiger partial charge in [-0.15, -0.1) is 0 Å². The van der Waals surface area contributed by atoms with Gasteiger partial charge in [0.15, 0.2) is 0 Å². The van der Waals surface area contributed by atoms with Gasteiger partial charge in [-0.2, -0.15) is 0 Å². The third-order valence-electron chi connectivity index (χ3n) is 3.63. The van der Waals surface area contributed by atoms with E-state index in [1.165, 1.54) is 4.90 Å². The van der Waals surface area contributed by atoms with E-state index >= 15 is 0 Å². The Morgan fingerprint density at radius 1 is 1.14 bits per heavy atom. The quantitative estimate of drug-likeness (QED) is 0.819. The molecule has 2 N–H and O–H groups in total. The second-order valence-corrected chi connectivity index (χ2v) is 5.07. The molecular weight excluding hydrogens is 274 g/mol. The molecule has 1 aliphatic heterocycles. The van der Waals surface area contributed by atoms with Crippen molar-refractivity contribution < 1.29 is 13.6 Å². The smallest absolute Gasteiger partial charge is 0.261 e.